The summed E-state index contributed by atoms with van der Waals surface area (Å²) in [6, 6.07) is 17.9. The van der Waals surface area contributed by atoms with Gasteiger partial charge in [-0.2, -0.15) is 0 Å². The van der Waals surface area contributed by atoms with Gasteiger partial charge >= 0.3 is 5.97 Å². The third-order valence-electron chi connectivity index (χ3n) is 4.60. The number of carbonyl (C=O) groups excluding carboxylic acids is 3. The number of hydrazine groups is 1. The Morgan fingerprint density at radius 2 is 1.33 bits per heavy atom. The molecular formula is C23H23N3O4. The van der Waals surface area contributed by atoms with Gasteiger partial charge in [0.2, 0.25) is 0 Å². The number of rotatable bonds is 5. The first kappa shape index (κ1) is 20.9. The van der Waals surface area contributed by atoms with Crippen LogP contribution in [0.5, 0.6) is 0 Å². The van der Waals surface area contributed by atoms with Crippen molar-refractivity contribution in [2.24, 2.45) is 0 Å². The van der Waals surface area contributed by atoms with Crippen molar-refractivity contribution < 1.29 is 19.1 Å². The van der Waals surface area contributed by atoms with Gasteiger partial charge in [0.1, 0.15) is 0 Å². The van der Waals surface area contributed by atoms with E-state index < -0.39 is 24.4 Å². The number of nitrogens with zero attached hydrogens (tertiary/aromatic N) is 1. The second-order valence-corrected chi connectivity index (χ2v) is 6.94. The van der Waals surface area contributed by atoms with E-state index in [1.807, 2.05) is 45.0 Å². The molecule has 0 saturated heterocycles. The Labute approximate surface area is 174 Å². The van der Waals surface area contributed by atoms with E-state index in [0.717, 1.165) is 22.6 Å². The van der Waals surface area contributed by atoms with Crippen LogP contribution in [-0.4, -0.2) is 29.0 Å². The molecule has 0 aliphatic carbocycles. The number of hydrogen-bond acceptors (Lipinski definition) is 4. The molecule has 7 nitrogen and oxygen atoms in total. The molecule has 3 aromatic rings. The van der Waals surface area contributed by atoms with E-state index in [4.69, 9.17) is 4.74 Å². The summed E-state index contributed by atoms with van der Waals surface area (Å²) in [4.78, 5) is 36.0. The summed E-state index contributed by atoms with van der Waals surface area (Å²) in [5.74, 6) is -1.72. The number of amides is 2. The molecule has 0 aliphatic heterocycles. The molecule has 0 unspecified atom stereocenters. The molecule has 30 heavy (non-hydrogen) atoms. The third kappa shape index (κ3) is 4.94. The standard InChI is InChI=1S/C23H23N3O4/c1-15-4-8-18(9-5-15)22(28)25-24-21(27)14-30-23(29)19-10-12-20(13-11-19)26-16(2)6-7-17(26)3/h4-13H,14H2,1-3H3,(H,24,27)(H,25,28). The summed E-state index contributed by atoms with van der Waals surface area (Å²) >= 11 is 0. The van der Waals surface area contributed by atoms with Crippen LogP contribution in [0.4, 0.5) is 0 Å². The maximum absolute atomic E-state index is 12.2. The Hall–Kier alpha value is -3.87. The summed E-state index contributed by atoms with van der Waals surface area (Å²) in [6.45, 7) is 5.41. The van der Waals surface area contributed by atoms with Gasteiger partial charge < -0.3 is 9.30 Å². The highest BCUT2D eigenvalue weighted by molar-refractivity contribution is 5.96. The van der Waals surface area contributed by atoms with Crippen LogP contribution in [-0.2, 0) is 9.53 Å². The maximum atomic E-state index is 12.2. The largest absolute Gasteiger partial charge is 0.452 e. The Kier molecular flexibility index (Phi) is 6.32. The van der Waals surface area contributed by atoms with Gasteiger partial charge in [-0.15, -0.1) is 0 Å². The van der Waals surface area contributed by atoms with Crippen LogP contribution in [0.1, 0.15) is 37.7 Å². The van der Waals surface area contributed by atoms with Crippen LogP contribution in [0, 0.1) is 20.8 Å². The summed E-state index contributed by atoms with van der Waals surface area (Å²) in [5, 5.41) is 0. The molecule has 2 amide bonds. The lowest BCUT2D eigenvalue weighted by atomic mass is 10.1. The van der Waals surface area contributed by atoms with Crippen LogP contribution >= 0.6 is 0 Å². The average molecular weight is 405 g/mol. The minimum absolute atomic E-state index is 0.331. The molecule has 1 heterocycles. The fourth-order valence-electron chi connectivity index (χ4n) is 2.98. The quantitative estimate of drug-likeness (QED) is 0.504. The topological polar surface area (TPSA) is 89.4 Å². The second-order valence-electron chi connectivity index (χ2n) is 6.94. The maximum Gasteiger partial charge on any atom is 0.338 e. The van der Waals surface area contributed by atoms with Crippen molar-refractivity contribution in [2.75, 3.05) is 6.61 Å². The van der Waals surface area contributed by atoms with E-state index in [-0.39, 0.29) is 0 Å². The minimum atomic E-state index is -0.640. The third-order valence-corrected chi connectivity index (χ3v) is 4.60. The Morgan fingerprint density at radius 1 is 0.767 bits per heavy atom. The molecule has 1 aromatic heterocycles. The number of aromatic nitrogens is 1. The minimum Gasteiger partial charge on any atom is -0.452 e. The van der Waals surface area contributed by atoms with Crippen molar-refractivity contribution in [1.29, 1.82) is 0 Å². The number of benzene rings is 2. The lowest BCUT2D eigenvalue weighted by Gasteiger charge is -2.11. The van der Waals surface area contributed by atoms with Crippen molar-refractivity contribution >= 4 is 17.8 Å². The molecule has 0 spiro atoms. The lowest BCUT2D eigenvalue weighted by molar-refractivity contribution is -0.125. The van der Waals surface area contributed by atoms with Gasteiger partial charge in [-0.25, -0.2) is 4.79 Å². The predicted octanol–water partition coefficient (Wildman–Crippen LogP) is 3.02. The van der Waals surface area contributed by atoms with Gasteiger partial charge in [0.25, 0.3) is 11.8 Å². The van der Waals surface area contributed by atoms with Crippen molar-refractivity contribution in [1.82, 2.24) is 15.4 Å². The van der Waals surface area contributed by atoms with E-state index >= 15 is 0 Å². The predicted molar refractivity (Wildman–Crippen MR) is 112 cm³/mol. The summed E-state index contributed by atoms with van der Waals surface area (Å²) in [5.41, 5.74) is 9.38. The van der Waals surface area contributed by atoms with Crippen LogP contribution < -0.4 is 10.9 Å². The van der Waals surface area contributed by atoms with Gasteiger partial charge in [-0.05, 0) is 69.3 Å². The fraction of sp³-hybridized carbons (Fsp3) is 0.174. The van der Waals surface area contributed by atoms with Crippen molar-refractivity contribution in [3.05, 3.63) is 88.7 Å². The first-order chi connectivity index (χ1) is 14.3. The van der Waals surface area contributed by atoms with Gasteiger partial charge in [-0.1, -0.05) is 17.7 Å². The smallest absolute Gasteiger partial charge is 0.338 e. The highest BCUT2D eigenvalue weighted by Gasteiger charge is 2.12. The molecule has 2 aromatic carbocycles. The molecule has 0 atom stereocenters. The zero-order chi connectivity index (χ0) is 21.7. The van der Waals surface area contributed by atoms with Crippen LogP contribution in [0.2, 0.25) is 0 Å². The number of hydrogen-bond donors (Lipinski definition) is 2. The molecule has 0 fully saturated rings. The zero-order valence-corrected chi connectivity index (χ0v) is 17.1. The summed E-state index contributed by atoms with van der Waals surface area (Å²) in [6.07, 6.45) is 0. The molecule has 3 rings (SSSR count). The zero-order valence-electron chi connectivity index (χ0n) is 17.1. The van der Waals surface area contributed by atoms with Gasteiger partial charge in [0, 0.05) is 22.6 Å². The first-order valence-electron chi connectivity index (χ1n) is 9.43. The van der Waals surface area contributed by atoms with E-state index in [9.17, 15) is 14.4 Å². The Bertz CT molecular complexity index is 1050. The number of nitrogens with one attached hydrogen (secondary N) is 2. The van der Waals surface area contributed by atoms with E-state index in [1.165, 1.54) is 0 Å². The number of esters is 1. The van der Waals surface area contributed by atoms with Crippen molar-refractivity contribution in [2.45, 2.75) is 20.8 Å². The number of aryl methyl sites for hydroxylation is 3. The van der Waals surface area contributed by atoms with Crippen LogP contribution in [0.25, 0.3) is 5.69 Å². The summed E-state index contributed by atoms with van der Waals surface area (Å²) < 4.78 is 7.08. The van der Waals surface area contributed by atoms with E-state index in [1.54, 1.807) is 36.4 Å². The Morgan fingerprint density at radius 3 is 1.93 bits per heavy atom. The van der Waals surface area contributed by atoms with Crippen molar-refractivity contribution in [3.63, 3.8) is 0 Å². The molecule has 154 valence electrons. The monoisotopic (exact) mass is 405 g/mol. The molecular weight excluding hydrogens is 382 g/mol. The molecule has 2 N–H and O–H groups in total. The number of ether oxygens (including phenoxy) is 1. The first-order valence-corrected chi connectivity index (χ1v) is 9.43. The van der Waals surface area contributed by atoms with Gasteiger partial charge in [-0.3, -0.25) is 20.4 Å². The molecule has 7 heteroatoms. The molecule has 0 saturated carbocycles. The molecule has 0 bridgehead atoms. The average Bonchev–Trinajstić information content (AvgIpc) is 3.08. The fourth-order valence-corrected chi connectivity index (χ4v) is 2.98. The molecule has 0 aliphatic rings. The second kappa shape index (κ2) is 9.09. The van der Waals surface area contributed by atoms with Gasteiger partial charge in [0.15, 0.2) is 6.61 Å². The normalized spacial score (nSPS) is 10.4. The Balaban J connectivity index is 1.49. The van der Waals surface area contributed by atoms with Crippen molar-refractivity contribution in [3.8, 4) is 5.69 Å². The highest BCUT2D eigenvalue weighted by Crippen LogP contribution is 2.17. The lowest BCUT2D eigenvalue weighted by Crippen LogP contribution is -2.43. The summed E-state index contributed by atoms with van der Waals surface area (Å²) in [7, 11) is 0. The number of carbonyl (C=O) groups is 3. The SMILES string of the molecule is Cc1ccc(C(=O)NNC(=O)COC(=O)c2ccc(-n3c(C)ccc3C)cc2)cc1. The van der Waals surface area contributed by atoms with E-state index in [2.05, 4.69) is 15.4 Å². The molecule has 0 radical (unpaired) electrons. The van der Waals surface area contributed by atoms with Crippen LogP contribution in [0.3, 0.4) is 0 Å². The highest BCUT2D eigenvalue weighted by atomic mass is 16.5. The van der Waals surface area contributed by atoms with E-state index in [0.29, 0.717) is 11.1 Å². The van der Waals surface area contributed by atoms with Gasteiger partial charge in [0.05, 0.1) is 5.56 Å². The van der Waals surface area contributed by atoms with Crippen LogP contribution in [0.15, 0.2) is 60.7 Å².